The smallest absolute Gasteiger partial charge is 0.404 e. The quantitative estimate of drug-likeness (QED) is 0.375. The van der Waals surface area contributed by atoms with E-state index in [-0.39, 0.29) is 47.3 Å². The minimum Gasteiger partial charge on any atom is -0.404 e. The van der Waals surface area contributed by atoms with Crippen LogP contribution in [-0.4, -0.2) is 18.9 Å². The number of guanidine groups is 1. The van der Waals surface area contributed by atoms with E-state index >= 15 is 0 Å². The molecule has 2 rings (SSSR count). The molecule has 1 heterocycles. The molecule has 1 unspecified atom stereocenters. The van der Waals surface area contributed by atoms with Crippen molar-refractivity contribution in [1.82, 2.24) is 0 Å². The molecule has 24 heavy (non-hydrogen) atoms. The first kappa shape index (κ1) is 20.6. The summed E-state index contributed by atoms with van der Waals surface area (Å²) in [6, 6.07) is 9.61. The van der Waals surface area contributed by atoms with E-state index in [1.807, 2.05) is 24.4 Å². The van der Waals surface area contributed by atoms with E-state index in [2.05, 4.69) is 15.0 Å². The number of benzene rings is 1. The zero-order valence-electron chi connectivity index (χ0n) is 12.7. The van der Waals surface area contributed by atoms with Gasteiger partial charge in [-0.2, -0.15) is 0 Å². The Balaban J connectivity index is 0.00000288. The third-order valence-electron chi connectivity index (χ3n) is 2.94. The van der Waals surface area contributed by atoms with Crippen LogP contribution < -0.4 is 15.8 Å². The summed E-state index contributed by atoms with van der Waals surface area (Å²) in [6.07, 6.45) is -4.77. The van der Waals surface area contributed by atoms with Gasteiger partial charge in [-0.3, -0.25) is 4.99 Å². The highest BCUT2D eigenvalue weighted by Crippen LogP contribution is 2.29. The molecule has 0 saturated carbocycles. The molecule has 3 N–H and O–H groups in total. The lowest BCUT2D eigenvalue weighted by Gasteiger charge is -2.14. The fourth-order valence-corrected chi connectivity index (χ4v) is 2.64. The Bertz CT molecular complexity index is 662. The molecule has 0 spiro atoms. The highest BCUT2D eigenvalue weighted by Gasteiger charge is 2.32. The van der Waals surface area contributed by atoms with Crippen molar-refractivity contribution in [3.63, 3.8) is 0 Å². The molecule has 0 bridgehead atoms. The zero-order chi connectivity index (χ0) is 16.9. The van der Waals surface area contributed by atoms with Crippen molar-refractivity contribution in [2.45, 2.75) is 19.2 Å². The zero-order valence-corrected chi connectivity index (χ0v) is 15.9. The van der Waals surface area contributed by atoms with Gasteiger partial charge in [-0.25, -0.2) is 0 Å². The van der Waals surface area contributed by atoms with Crippen molar-refractivity contribution < 1.29 is 17.9 Å². The number of hydrogen-bond acceptors (Lipinski definition) is 3. The number of nitrogens with two attached hydrogens (primary N) is 1. The van der Waals surface area contributed by atoms with Crippen molar-refractivity contribution in [3.8, 4) is 5.75 Å². The maximum Gasteiger partial charge on any atom is 0.573 e. The number of nitrogens with zero attached hydrogens (tertiary/aromatic N) is 1. The molecule has 0 aliphatic carbocycles. The number of rotatable bonds is 5. The van der Waals surface area contributed by atoms with E-state index in [0.29, 0.717) is 6.54 Å². The number of alkyl halides is 3. The predicted octanol–water partition coefficient (Wildman–Crippen LogP) is 4.80. The van der Waals surface area contributed by atoms with Crippen LogP contribution >= 0.6 is 35.3 Å². The Labute approximate surface area is 158 Å². The number of thiophene rings is 1. The molecule has 0 fully saturated rings. The van der Waals surface area contributed by atoms with Gasteiger partial charge in [0, 0.05) is 10.8 Å². The van der Waals surface area contributed by atoms with E-state index in [1.165, 1.54) is 23.1 Å². The SMILES string of the molecule is CC(CN=C(N)Nc1ccccc1OC(F)(F)F)c1cccs1.I. The van der Waals surface area contributed by atoms with Gasteiger partial charge in [0.1, 0.15) is 0 Å². The summed E-state index contributed by atoms with van der Waals surface area (Å²) in [5.41, 5.74) is 5.85. The molecule has 0 amide bonds. The molecule has 0 aliphatic heterocycles. The van der Waals surface area contributed by atoms with Gasteiger partial charge in [0.25, 0.3) is 0 Å². The van der Waals surface area contributed by atoms with Crippen LogP contribution in [-0.2, 0) is 0 Å². The Hall–Kier alpha value is -1.49. The second-order valence-electron chi connectivity index (χ2n) is 4.81. The molecule has 2 aromatic rings. The molecule has 4 nitrogen and oxygen atoms in total. The van der Waals surface area contributed by atoms with Crippen molar-refractivity contribution in [2.24, 2.45) is 10.7 Å². The first-order chi connectivity index (χ1) is 10.8. The summed E-state index contributed by atoms with van der Waals surface area (Å²) in [4.78, 5) is 5.33. The lowest BCUT2D eigenvalue weighted by Crippen LogP contribution is -2.25. The van der Waals surface area contributed by atoms with Gasteiger partial charge in [0.2, 0.25) is 0 Å². The van der Waals surface area contributed by atoms with E-state index in [4.69, 9.17) is 5.73 Å². The summed E-state index contributed by atoms with van der Waals surface area (Å²) in [5, 5.41) is 4.61. The Kier molecular flexibility index (Phi) is 7.80. The Morgan fingerprint density at radius 2 is 2.00 bits per heavy atom. The fourth-order valence-electron chi connectivity index (χ4n) is 1.86. The van der Waals surface area contributed by atoms with Crippen LogP contribution in [0.15, 0.2) is 46.8 Å². The average molecular weight is 471 g/mol. The van der Waals surface area contributed by atoms with Crippen LogP contribution in [0.1, 0.15) is 17.7 Å². The number of ether oxygens (including phenoxy) is 1. The van der Waals surface area contributed by atoms with Crippen LogP contribution in [0.25, 0.3) is 0 Å². The van der Waals surface area contributed by atoms with Crippen molar-refractivity contribution >= 4 is 47.0 Å². The van der Waals surface area contributed by atoms with Crippen LogP contribution in [0, 0.1) is 0 Å². The number of halogens is 4. The summed E-state index contributed by atoms with van der Waals surface area (Å²) in [7, 11) is 0. The summed E-state index contributed by atoms with van der Waals surface area (Å²) < 4.78 is 41.0. The Morgan fingerprint density at radius 3 is 2.62 bits per heavy atom. The highest BCUT2D eigenvalue weighted by molar-refractivity contribution is 14.0. The van der Waals surface area contributed by atoms with Gasteiger partial charge < -0.3 is 15.8 Å². The van der Waals surface area contributed by atoms with E-state index in [0.717, 1.165) is 0 Å². The Morgan fingerprint density at radius 1 is 1.29 bits per heavy atom. The standard InChI is InChI=1S/C15H16F3N3OS.HI/c1-10(13-7-4-8-23-13)9-20-14(19)21-11-5-2-3-6-12(11)22-15(16,17)18;/h2-8,10H,9H2,1H3,(H3,19,20,21);1H. The first-order valence-corrected chi connectivity index (χ1v) is 7.68. The fraction of sp³-hybridized carbons (Fsp3) is 0.267. The normalized spacial score (nSPS) is 13.1. The maximum atomic E-state index is 12.4. The topological polar surface area (TPSA) is 59.6 Å². The van der Waals surface area contributed by atoms with E-state index < -0.39 is 6.36 Å². The molecule has 132 valence electrons. The van der Waals surface area contributed by atoms with Gasteiger partial charge in [-0.15, -0.1) is 48.5 Å². The molecule has 1 aromatic carbocycles. The molecule has 0 radical (unpaired) electrons. The monoisotopic (exact) mass is 471 g/mol. The van der Waals surface area contributed by atoms with Crippen LogP contribution in [0.2, 0.25) is 0 Å². The van der Waals surface area contributed by atoms with E-state index in [1.54, 1.807) is 17.4 Å². The lowest BCUT2D eigenvalue weighted by molar-refractivity contribution is -0.274. The predicted molar refractivity (Wildman–Crippen MR) is 101 cm³/mol. The second-order valence-corrected chi connectivity index (χ2v) is 5.79. The van der Waals surface area contributed by atoms with Crippen molar-refractivity contribution in [2.75, 3.05) is 11.9 Å². The molecular formula is C15H17F3IN3OS. The van der Waals surface area contributed by atoms with Crippen molar-refractivity contribution in [1.29, 1.82) is 0 Å². The number of nitrogens with one attached hydrogen (secondary N) is 1. The summed E-state index contributed by atoms with van der Waals surface area (Å²) in [5.74, 6) is -0.145. The van der Waals surface area contributed by atoms with Gasteiger partial charge >= 0.3 is 6.36 Å². The number of anilines is 1. The van der Waals surface area contributed by atoms with Gasteiger partial charge in [0.15, 0.2) is 11.7 Å². The first-order valence-electron chi connectivity index (χ1n) is 6.80. The molecule has 0 aliphatic rings. The van der Waals surface area contributed by atoms with E-state index in [9.17, 15) is 13.2 Å². The molecular weight excluding hydrogens is 454 g/mol. The minimum atomic E-state index is -4.77. The number of aliphatic imine (C=N–C) groups is 1. The molecule has 1 atom stereocenters. The van der Waals surface area contributed by atoms with Crippen LogP contribution in [0.5, 0.6) is 5.75 Å². The highest BCUT2D eigenvalue weighted by atomic mass is 127. The third kappa shape index (κ3) is 6.56. The third-order valence-corrected chi connectivity index (χ3v) is 4.04. The van der Waals surface area contributed by atoms with Crippen molar-refractivity contribution in [3.05, 3.63) is 46.7 Å². The largest absolute Gasteiger partial charge is 0.573 e. The lowest BCUT2D eigenvalue weighted by atomic mass is 10.1. The molecule has 0 saturated heterocycles. The summed E-state index contributed by atoms with van der Waals surface area (Å²) >= 11 is 1.62. The molecule has 9 heteroatoms. The van der Waals surface area contributed by atoms with Crippen LogP contribution in [0.4, 0.5) is 18.9 Å². The van der Waals surface area contributed by atoms with Gasteiger partial charge in [-0.1, -0.05) is 25.1 Å². The minimum absolute atomic E-state index is 0. The maximum absolute atomic E-state index is 12.4. The van der Waals surface area contributed by atoms with Crippen LogP contribution in [0.3, 0.4) is 0 Å². The van der Waals surface area contributed by atoms with Gasteiger partial charge in [-0.05, 0) is 23.6 Å². The van der Waals surface area contributed by atoms with Gasteiger partial charge in [0.05, 0.1) is 12.2 Å². The number of para-hydroxylation sites is 2. The summed E-state index contributed by atoms with van der Waals surface area (Å²) in [6.45, 7) is 2.44. The number of hydrogen-bond donors (Lipinski definition) is 2. The second kappa shape index (κ2) is 9.11. The molecule has 1 aromatic heterocycles. The average Bonchev–Trinajstić information content (AvgIpc) is 2.99.